The van der Waals surface area contributed by atoms with Crippen molar-refractivity contribution in [3.8, 4) is 0 Å². The first kappa shape index (κ1) is 10.2. The number of nitrogens with zero attached hydrogens (tertiary/aromatic N) is 1. The van der Waals surface area contributed by atoms with E-state index in [9.17, 15) is 9.90 Å². The molecule has 4 heteroatoms. The molecule has 1 heterocycles. The van der Waals surface area contributed by atoms with Crippen LogP contribution in [0.2, 0.25) is 0 Å². The van der Waals surface area contributed by atoms with Crippen LogP contribution in [0, 0.1) is 0 Å². The Morgan fingerprint density at radius 3 is 1.88 bits per heavy atom. The van der Waals surface area contributed by atoms with Gasteiger partial charge < -0.3 is 5.11 Å². The van der Waals surface area contributed by atoms with Gasteiger partial charge in [0, 0.05) is 9.79 Å². The van der Waals surface area contributed by atoms with E-state index in [4.69, 9.17) is 0 Å². The molecule has 3 nitrogen and oxygen atoms in total. The Kier molecular flexibility index (Phi) is 2.30. The van der Waals surface area contributed by atoms with Gasteiger partial charge in [-0.25, -0.2) is 9.69 Å². The van der Waals surface area contributed by atoms with Crippen molar-refractivity contribution in [2.24, 2.45) is 0 Å². The molecule has 0 saturated heterocycles. The molecule has 1 aliphatic heterocycles. The number of carboxylic acid groups (broad SMARTS) is 1. The average molecular weight is 243 g/mol. The Morgan fingerprint density at radius 2 is 1.41 bits per heavy atom. The molecule has 1 aliphatic rings. The standard InChI is InChI=1S/C13H9NO2S/c15-13(16)14-9-5-1-3-7-11(9)17-12-8-4-2-6-10(12)14/h1-8H,(H,15,16). The maximum Gasteiger partial charge on any atom is 0.416 e. The summed E-state index contributed by atoms with van der Waals surface area (Å²) in [6.45, 7) is 0. The summed E-state index contributed by atoms with van der Waals surface area (Å²) in [7, 11) is 0. The van der Waals surface area contributed by atoms with E-state index in [0.717, 1.165) is 21.2 Å². The maximum atomic E-state index is 11.4. The van der Waals surface area contributed by atoms with Crippen molar-refractivity contribution in [1.29, 1.82) is 0 Å². The van der Waals surface area contributed by atoms with Gasteiger partial charge >= 0.3 is 6.09 Å². The van der Waals surface area contributed by atoms with Gasteiger partial charge in [-0.05, 0) is 24.3 Å². The summed E-state index contributed by atoms with van der Waals surface area (Å²) in [5, 5.41) is 9.35. The summed E-state index contributed by atoms with van der Waals surface area (Å²) < 4.78 is 0. The fraction of sp³-hybridized carbons (Fsp3) is 0. The highest BCUT2D eigenvalue weighted by atomic mass is 32.2. The van der Waals surface area contributed by atoms with Crippen LogP contribution >= 0.6 is 11.8 Å². The lowest BCUT2D eigenvalue weighted by Gasteiger charge is -2.28. The Bertz CT molecular complexity index is 552. The minimum absolute atomic E-state index is 0.726. The van der Waals surface area contributed by atoms with Crippen molar-refractivity contribution in [2.75, 3.05) is 4.90 Å². The van der Waals surface area contributed by atoms with Crippen molar-refractivity contribution >= 4 is 29.2 Å². The maximum absolute atomic E-state index is 11.4. The second kappa shape index (κ2) is 3.82. The van der Waals surface area contributed by atoms with Crippen molar-refractivity contribution in [2.45, 2.75) is 9.79 Å². The number of anilines is 2. The van der Waals surface area contributed by atoms with Crippen molar-refractivity contribution in [1.82, 2.24) is 0 Å². The monoisotopic (exact) mass is 243 g/mol. The largest absolute Gasteiger partial charge is 0.464 e. The molecule has 0 radical (unpaired) electrons. The van der Waals surface area contributed by atoms with Crippen LogP contribution in [0.1, 0.15) is 0 Å². The molecule has 17 heavy (non-hydrogen) atoms. The number of carbonyl (C=O) groups is 1. The highest BCUT2D eigenvalue weighted by Crippen LogP contribution is 2.47. The fourth-order valence-corrected chi connectivity index (χ4v) is 2.97. The van der Waals surface area contributed by atoms with Crippen LogP contribution in [0.3, 0.4) is 0 Å². The molecule has 0 unspecified atom stereocenters. The topological polar surface area (TPSA) is 40.5 Å². The van der Waals surface area contributed by atoms with Crippen LogP contribution in [0.5, 0.6) is 0 Å². The first-order valence-electron chi connectivity index (χ1n) is 5.16. The van der Waals surface area contributed by atoms with Crippen LogP contribution in [0.15, 0.2) is 58.3 Å². The summed E-state index contributed by atoms with van der Waals surface area (Å²) in [5.74, 6) is 0. The van der Waals surface area contributed by atoms with Gasteiger partial charge in [-0.2, -0.15) is 0 Å². The smallest absolute Gasteiger partial charge is 0.416 e. The predicted molar refractivity (Wildman–Crippen MR) is 67.2 cm³/mol. The average Bonchev–Trinajstić information content (AvgIpc) is 2.35. The SMILES string of the molecule is O=C(O)N1c2ccccc2Sc2ccccc21. The number of hydrogen-bond acceptors (Lipinski definition) is 2. The molecular weight excluding hydrogens is 234 g/mol. The second-order valence-electron chi connectivity index (χ2n) is 3.66. The molecule has 1 N–H and O–H groups in total. The van der Waals surface area contributed by atoms with Gasteiger partial charge in [0.1, 0.15) is 0 Å². The van der Waals surface area contributed by atoms with Gasteiger partial charge in [0.2, 0.25) is 0 Å². The Balaban J connectivity index is 2.24. The number of para-hydroxylation sites is 2. The predicted octanol–water partition coefficient (Wildman–Crippen LogP) is 3.97. The molecule has 1 amide bonds. The molecule has 0 atom stereocenters. The minimum Gasteiger partial charge on any atom is -0.464 e. The third-order valence-electron chi connectivity index (χ3n) is 2.62. The lowest BCUT2D eigenvalue weighted by atomic mass is 10.2. The normalized spacial score (nSPS) is 12.8. The van der Waals surface area contributed by atoms with Crippen LogP contribution in [-0.4, -0.2) is 11.2 Å². The number of rotatable bonds is 0. The highest BCUT2D eigenvalue weighted by Gasteiger charge is 2.27. The van der Waals surface area contributed by atoms with E-state index < -0.39 is 6.09 Å². The van der Waals surface area contributed by atoms with Crippen LogP contribution < -0.4 is 4.90 Å². The zero-order valence-corrected chi connectivity index (χ0v) is 9.65. The van der Waals surface area contributed by atoms with Gasteiger partial charge in [0.15, 0.2) is 0 Å². The molecular formula is C13H9NO2S. The van der Waals surface area contributed by atoms with E-state index in [2.05, 4.69) is 0 Å². The zero-order chi connectivity index (χ0) is 11.8. The molecule has 0 aliphatic carbocycles. The molecule has 3 rings (SSSR count). The molecule has 84 valence electrons. The summed E-state index contributed by atoms with van der Waals surface area (Å²) in [4.78, 5) is 14.7. The summed E-state index contributed by atoms with van der Waals surface area (Å²) in [6, 6.07) is 15.1. The molecule has 2 aromatic rings. The zero-order valence-electron chi connectivity index (χ0n) is 8.83. The number of amides is 1. The summed E-state index contributed by atoms with van der Waals surface area (Å²) in [6.07, 6.45) is -0.954. The van der Waals surface area contributed by atoms with Gasteiger partial charge in [-0.15, -0.1) is 0 Å². The summed E-state index contributed by atoms with van der Waals surface area (Å²) >= 11 is 1.60. The Labute approximate surface area is 103 Å². The van der Waals surface area contributed by atoms with Crippen LogP contribution in [-0.2, 0) is 0 Å². The molecule has 0 saturated carbocycles. The van der Waals surface area contributed by atoms with Crippen molar-refractivity contribution in [3.63, 3.8) is 0 Å². The minimum atomic E-state index is -0.954. The van der Waals surface area contributed by atoms with Gasteiger partial charge in [-0.3, -0.25) is 0 Å². The molecule has 0 spiro atoms. The van der Waals surface area contributed by atoms with E-state index in [0.29, 0.717) is 0 Å². The van der Waals surface area contributed by atoms with Gasteiger partial charge in [0.25, 0.3) is 0 Å². The van der Waals surface area contributed by atoms with E-state index >= 15 is 0 Å². The van der Waals surface area contributed by atoms with E-state index in [1.165, 1.54) is 4.90 Å². The lowest BCUT2D eigenvalue weighted by Crippen LogP contribution is -2.26. The molecule has 0 aromatic heterocycles. The Morgan fingerprint density at radius 1 is 0.941 bits per heavy atom. The number of hydrogen-bond donors (Lipinski definition) is 1. The van der Waals surface area contributed by atoms with E-state index in [-0.39, 0.29) is 0 Å². The van der Waals surface area contributed by atoms with E-state index in [1.54, 1.807) is 11.8 Å². The van der Waals surface area contributed by atoms with Crippen molar-refractivity contribution in [3.05, 3.63) is 48.5 Å². The van der Waals surface area contributed by atoms with Crippen LogP contribution in [0.4, 0.5) is 16.2 Å². The number of fused-ring (bicyclic) bond motifs is 2. The fourth-order valence-electron chi connectivity index (χ4n) is 1.91. The summed E-state index contributed by atoms with van der Waals surface area (Å²) in [5.41, 5.74) is 1.45. The van der Waals surface area contributed by atoms with Gasteiger partial charge in [0.05, 0.1) is 11.4 Å². The second-order valence-corrected chi connectivity index (χ2v) is 4.74. The molecule has 0 bridgehead atoms. The van der Waals surface area contributed by atoms with Gasteiger partial charge in [-0.1, -0.05) is 36.0 Å². The first-order valence-corrected chi connectivity index (χ1v) is 5.98. The highest BCUT2D eigenvalue weighted by molar-refractivity contribution is 7.99. The lowest BCUT2D eigenvalue weighted by molar-refractivity contribution is 0.204. The first-order chi connectivity index (χ1) is 8.27. The molecule has 2 aromatic carbocycles. The van der Waals surface area contributed by atoms with Crippen LogP contribution in [0.25, 0.3) is 0 Å². The Hall–Kier alpha value is -1.94. The quantitative estimate of drug-likeness (QED) is 0.761. The number of benzene rings is 2. The third-order valence-corrected chi connectivity index (χ3v) is 3.75. The van der Waals surface area contributed by atoms with Crippen molar-refractivity contribution < 1.29 is 9.90 Å². The van der Waals surface area contributed by atoms with E-state index in [1.807, 2.05) is 48.5 Å². The molecule has 0 fully saturated rings. The third kappa shape index (κ3) is 1.57.